The monoisotopic (exact) mass is 268 g/mol. The number of nitrogens with one attached hydrogen (secondary N) is 1. The molecule has 7 heteroatoms. The minimum absolute atomic E-state index is 0.558. The Morgan fingerprint density at radius 1 is 1.42 bits per heavy atom. The molecule has 2 aromatic heterocycles. The standard InChI is InChI=1S/C12H13FN2O4/c1-5-4-8(7(3)19-5)6(2)15-11(17)9(13)10(16)14-12(15)18/h4,6,17H,1-3H3,(H,14,16,18). The molecule has 0 spiro atoms. The molecule has 2 aromatic rings. The zero-order valence-corrected chi connectivity index (χ0v) is 10.7. The van der Waals surface area contributed by atoms with E-state index >= 15 is 0 Å². The van der Waals surface area contributed by atoms with Crippen LogP contribution in [0.5, 0.6) is 5.88 Å². The van der Waals surface area contributed by atoms with Crippen molar-refractivity contribution in [1.82, 2.24) is 9.55 Å². The zero-order valence-electron chi connectivity index (χ0n) is 10.7. The van der Waals surface area contributed by atoms with Crippen molar-refractivity contribution in [3.05, 3.63) is 49.8 Å². The van der Waals surface area contributed by atoms with E-state index in [4.69, 9.17) is 4.42 Å². The molecule has 6 nitrogen and oxygen atoms in total. The van der Waals surface area contributed by atoms with Gasteiger partial charge in [0.1, 0.15) is 11.5 Å². The van der Waals surface area contributed by atoms with E-state index in [1.165, 1.54) is 0 Å². The zero-order chi connectivity index (χ0) is 14.3. The van der Waals surface area contributed by atoms with E-state index in [9.17, 15) is 19.1 Å². The molecule has 102 valence electrons. The largest absolute Gasteiger partial charge is 0.492 e. The number of nitrogens with zero attached hydrogens (tertiary/aromatic N) is 1. The van der Waals surface area contributed by atoms with Crippen LogP contribution in [0.1, 0.15) is 30.0 Å². The van der Waals surface area contributed by atoms with Crippen LogP contribution < -0.4 is 11.2 Å². The minimum Gasteiger partial charge on any atom is -0.492 e. The lowest BCUT2D eigenvalue weighted by molar-refractivity contribution is 0.350. The number of H-pyrrole nitrogens is 1. The molecular weight excluding hydrogens is 255 g/mol. The third kappa shape index (κ3) is 2.07. The van der Waals surface area contributed by atoms with E-state index in [0.717, 1.165) is 4.57 Å². The number of hydrogen-bond acceptors (Lipinski definition) is 4. The van der Waals surface area contributed by atoms with E-state index in [1.54, 1.807) is 26.8 Å². The molecule has 0 amide bonds. The van der Waals surface area contributed by atoms with Gasteiger partial charge in [0.25, 0.3) is 5.56 Å². The summed E-state index contributed by atoms with van der Waals surface area (Å²) in [4.78, 5) is 24.5. The first-order valence-corrected chi connectivity index (χ1v) is 5.63. The van der Waals surface area contributed by atoms with Crippen molar-refractivity contribution < 1.29 is 13.9 Å². The van der Waals surface area contributed by atoms with Crippen LogP contribution in [0.4, 0.5) is 4.39 Å². The Labute approximate surface area is 107 Å². The first kappa shape index (κ1) is 13.1. The molecule has 0 aliphatic rings. The average Bonchev–Trinajstić information content (AvgIpc) is 2.65. The molecule has 0 fully saturated rings. The van der Waals surface area contributed by atoms with Crippen molar-refractivity contribution in [1.29, 1.82) is 0 Å². The summed E-state index contributed by atoms with van der Waals surface area (Å²) in [6.07, 6.45) is 0. The summed E-state index contributed by atoms with van der Waals surface area (Å²) in [5.74, 6) is -1.18. The van der Waals surface area contributed by atoms with Gasteiger partial charge in [-0.1, -0.05) is 0 Å². The predicted octanol–water partition coefficient (Wildman–Crippen LogP) is 1.20. The Balaban J connectivity index is 2.66. The Morgan fingerprint density at radius 3 is 2.58 bits per heavy atom. The van der Waals surface area contributed by atoms with Crippen molar-refractivity contribution in [3.63, 3.8) is 0 Å². The lowest BCUT2D eigenvalue weighted by Crippen LogP contribution is -2.33. The van der Waals surface area contributed by atoms with Gasteiger partial charge < -0.3 is 9.52 Å². The van der Waals surface area contributed by atoms with Crippen LogP contribution in [0.25, 0.3) is 0 Å². The Bertz CT molecular complexity index is 741. The fourth-order valence-electron chi connectivity index (χ4n) is 2.08. The lowest BCUT2D eigenvalue weighted by atomic mass is 10.1. The second-order valence-electron chi connectivity index (χ2n) is 4.31. The molecule has 0 aliphatic carbocycles. The second-order valence-corrected chi connectivity index (χ2v) is 4.31. The number of furan rings is 1. The molecule has 0 aromatic carbocycles. The van der Waals surface area contributed by atoms with E-state index in [2.05, 4.69) is 0 Å². The number of hydrogen-bond donors (Lipinski definition) is 2. The van der Waals surface area contributed by atoms with Crippen LogP contribution in [0.15, 0.2) is 20.1 Å². The third-order valence-corrected chi connectivity index (χ3v) is 2.98. The van der Waals surface area contributed by atoms with Crippen LogP contribution in [0, 0.1) is 19.7 Å². The van der Waals surface area contributed by atoms with Crippen molar-refractivity contribution in [2.75, 3.05) is 0 Å². The highest BCUT2D eigenvalue weighted by Gasteiger charge is 2.22. The maximum atomic E-state index is 13.4. The van der Waals surface area contributed by atoms with Gasteiger partial charge in [-0.05, 0) is 26.8 Å². The maximum absolute atomic E-state index is 13.4. The molecule has 0 saturated heterocycles. The molecular formula is C12H13FN2O4. The molecule has 0 saturated carbocycles. The molecule has 0 radical (unpaired) electrons. The van der Waals surface area contributed by atoms with Gasteiger partial charge in [0.15, 0.2) is 0 Å². The number of halogens is 1. The van der Waals surface area contributed by atoms with Crippen LogP contribution in [0.3, 0.4) is 0 Å². The van der Waals surface area contributed by atoms with Gasteiger partial charge in [0, 0.05) is 5.56 Å². The van der Waals surface area contributed by atoms with Gasteiger partial charge in [-0.3, -0.25) is 14.3 Å². The number of rotatable bonds is 2. The molecule has 2 N–H and O–H groups in total. The van der Waals surface area contributed by atoms with E-state index in [1.807, 2.05) is 4.98 Å². The number of aromatic nitrogens is 2. The highest BCUT2D eigenvalue weighted by atomic mass is 19.1. The van der Waals surface area contributed by atoms with Crippen molar-refractivity contribution >= 4 is 0 Å². The average molecular weight is 268 g/mol. The van der Waals surface area contributed by atoms with Crippen LogP contribution in [-0.2, 0) is 0 Å². The number of aryl methyl sites for hydroxylation is 2. The summed E-state index contributed by atoms with van der Waals surface area (Å²) in [6.45, 7) is 5.03. The molecule has 0 bridgehead atoms. The smallest absolute Gasteiger partial charge is 0.331 e. The van der Waals surface area contributed by atoms with Gasteiger partial charge in [-0.2, -0.15) is 4.39 Å². The van der Waals surface area contributed by atoms with Crippen LogP contribution in [-0.4, -0.2) is 14.7 Å². The normalized spacial score (nSPS) is 12.6. The first-order valence-electron chi connectivity index (χ1n) is 5.63. The lowest BCUT2D eigenvalue weighted by Gasteiger charge is -2.15. The van der Waals surface area contributed by atoms with Gasteiger partial charge in [-0.15, -0.1) is 0 Å². The highest BCUT2D eigenvalue weighted by Crippen LogP contribution is 2.26. The van der Waals surface area contributed by atoms with Gasteiger partial charge in [0.2, 0.25) is 11.7 Å². The van der Waals surface area contributed by atoms with E-state index in [0.29, 0.717) is 17.1 Å². The molecule has 2 heterocycles. The SMILES string of the molecule is Cc1cc(C(C)n2c(O)c(F)c(=O)[nH]c2=O)c(C)o1. The number of aromatic hydroxyl groups is 1. The summed E-state index contributed by atoms with van der Waals surface area (Å²) >= 11 is 0. The Morgan fingerprint density at radius 2 is 2.05 bits per heavy atom. The fraction of sp³-hybridized carbons (Fsp3) is 0.333. The quantitative estimate of drug-likeness (QED) is 0.856. The summed E-state index contributed by atoms with van der Waals surface area (Å²) in [5.41, 5.74) is -1.50. The number of aromatic amines is 1. The topological polar surface area (TPSA) is 88.2 Å². The van der Waals surface area contributed by atoms with E-state index in [-0.39, 0.29) is 0 Å². The van der Waals surface area contributed by atoms with Crippen molar-refractivity contribution in [3.8, 4) is 5.88 Å². The minimum atomic E-state index is -1.38. The van der Waals surface area contributed by atoms with E-state index < -0.39 is 29.0 Å². The van der Waals surface area contributed by atoms with Gasteiger partial charge in [-0.25, -0.2) is 4.79 Å². The maximum Gasteiger partial charge on any atom is 0.331 e. The van der Waals surface area contributed by atoms with Crippen molar-refractivity contribution in [2.45, 2.75) is 26.8 Å². The highest BCUT2D eigenvalue weighted by molar-refractivity contribution is 5.26. The van der Waals surface area contributed by atoms with Gasteiger partial charge in [0.05, 0.1) is 6.04 Å². The summed E-state index contributed by atoms with van der Waals surface area (Å²) in [6, 6.07) is 1.02. The molecule has 19 heavy (non-hydrogen) atoms. The Hall–Kier alpha value is -2.31. The summed E-state index contributed by atoms with van der Waals surface area (Å²) in [5, 5.41) is 9.63. The predicted molar refractivity (Wildman–Crippen MR) is 64.9 cm³/mol. The molecule has 1 unspecified atom stereocenters. The fourth-order valence-corrected chi connectivity index (χ4v) is 2.08. The first-order chi connectivity index (χ1) is 8.82. The molecule has 0 aliphatic heterocycles. The second kappa shape index (κ2) is 4.42. The molecule has 2 rings (SSSR count). The third-order valence-electron chi connectivity index (χ3n) is 2.98. The molecule has 1 atom stereocenters. The summed E-state index contributed by atoms with van der Waals surface area (Å²) < 4.78 is 19.5. The van der Waals surface area contributed by atoms with Crippen molar-refractivity contribution in [2.24, 2.45) is 0 Å². The summed E-state index contributed by atoms with van der Waals surface area (Å²) in [7, 11) is 0. The van der Waals surface area contributed by atoms with Crippen LogP contribution >= 0.6 is 0 Å². The van der Waals surface area contributed by atoms with Crippen LogP contribution in [0.2, 0.25) is 0 Å². The van der Waals surface area contributed by atoms with Gasteiger partial charge >= 0.3 is 5.69 Å². The Kier molecular flexibility index (Phi) is 3.05.